The Morgan fingerprint density at radius 1 is 1.15 bits per heavy atom. The number of piperidine rings is 1. The number of imidazole rings is 1. The lowest BCUT2D eigenvalue weighted by molar-refractivity contribution is -0.149. The Kier molecular flexibility index (Phi) is 6.76. The number of fused-ring (bicyclic) bond motifs is 1. The number of nitrogens with zero attached hydrogens (tertiary/aromatic N) is 2. The number of H-pyrrole nitrogens is 1. The molecular weight excluding hydrogens is 440 g/mol. The predicted molar refractivity (Wildman–Crippen MR) is 126 cm³/mol. The Hall–Kier alpha value is -3.95. The Bertz CT molecular complexity index is 1170. The van der Waals surface area contributed by atoms with E-state index in [9.17, 15) is 14.7 Å². The number of amides is 1. The standard InChI is InChI=1S/C24H28N4O6/c1-4-34-23(31)14-7-9-28(10-8-14)22(30)15-5-6-17-18(11-15)27-24(26-17)25-16-12-19(32-2)21(29)20(13-16)33-3/h5-6,11-14,29H,4,7-10H2,1-3H3,(H2,25,26,27). The van der Waals surface area contributed by atoms with E-state index in [-0.39, 0.29) is 35.0 Å². The number of likely N-dealkylation sites (tertiary alicyclic amines) is 1. The largest absolute Gasteiger partial charge is 0.502 e. The molecule has 0 atom stereocenters. The Labute approximate surface area is 196 Å². The monoisotopic (exact) mass is 468 g/mol. The van der Waals surface area contributed by atoms with Gasteiger partial charge in [0.1, 0.15) is 0 Å². The highest BCUT2D eigenvalue weighted by atomic mass is 16.5. The summed E-state index contributed by atoms with van der Waals surface area (Å²) in [7, 11) is 2.91. The zero-order chi connectivity index (χ0) is 24.2. The molecule has 4 rings (SSSR count). The summed E-state index contributed by atoms with van der Waals surface area (Å²) in [6.07, 6.45) is 1.20. The smallest absolute Gasteiger partial charge is 0.309 e. The van der Waals surface area contributed by atoms with Crippen LogP contribution < -0.4 is 14.8 Å². The van der Waals surface area contributed by atoms with Gasteiger partial charge in [-0.15, -0.1) is 0 Å². The Morgan fingerprint density at radius 2 is 1.82 bits per heavy atom. The van der Waals surface area contributed by atoms with Gasteiger partial charge in [0.2, 0.25) is 11.7 Å². The van der Waals surface area contributed by atoms with Crippen LogP contribution in [0.4, 0.5) is 11.6 Å². The van der Waals surface area contributed by atoms with Gasteiger partial charge >= 0.3 is 5.97 Å². The number of rotatable bonds is 7. The summed E-state index contributed by atoms with van der Waals surface area (Å²) in [4.78, 5) is 34.4. The molecule has 1 amide bonds. The second-order valence-corrected chi connectivity index (χ2v) is 7.99. The molecule has 0 bridgehead atoms. The minimum absolute atomic E-state index is 0.0821. The number of ether oxygens (including phenoxy) is 3. The second-order valence-electron chi connectivity index (χ2n) is 7.99. The molecule has 1 aliphatic rings. The third kappa shape index (κ3) is 4.70. The van der Waals surface area contributed by atoms with Crippen LogP contribution in [0.2, 0.25) is 0 Å². The predicted octanol–water partition coefficient (Wildman–Crippen LogP) is 3.44. The maximum absolute atomic E-state index is 13.0. The molecule has 10 heteroatoms. The number of aromatic hydroxyl groups is 1. The number of hydrogen-bond donors (Lipinski definition) is 3. The molecule has 0 unspecified atom stereocenters. The maximum atomic E-state index is 13.0. The van der Waals surface area contributed by atoms with Crippen molar-refractivity contribution in [3.63, 3.8) is 0 Å². The van der Waals surface area contributed by atoms with Crippen molar-refractivity contribution >= 4 is 34.5 Å². The maximum Gasteiger partial charge on any atom is 0.309 e. The highest BCUT2D eigenvalue weighted by molar-refractivity contribution is 5.97. The van der Waals surface area contributed by atoms with Crippen LogP contribution >= 0.6 is 0 Å². The van der Waals surface area contributed by atoms with E-state index in [2.05, 4.69) is 15.3 Å². The molecule has 2 heterocycles. The van der Waals surface area contributed by atoms with Crippen molar-refractivity contribution in [3.05, 3.63) is 35.9 Å². The number of phenolic OH excluding ortho intramolecular Hbond substituents is 1. The molecule has 34 heavy (non-hydrogen) atoms. The summed E-state index contributed by atoms with van der Waals surface area (Å²) in [5, 5.41) is 13.2. The van der Waals surface area contributed by atoms with Crippen LogP contribution in [0.15, 0.2) is 30.3 Å². The lowest BCUT2D eigenvalue weighted by atomic mass is 9.96. The van der Waals surface area contributed by atoms with Gasteiger partial charge in [0.15, 0.2) is 11.5 Å². The van der Waals surface area contributed by atoms with Crippen molar-refractivity contribution in [1.82, 2.24) is 14.9 Å². The zero-order valence-electron chi connectivity index (χ0n) is 19.4. The van der Waals surface area contributed by atoms with E-state index in [1.54, 1.807) is 42.2 Å². The number of carbonyl (C=O) groups excluding carboxylic acids is 2. The first-order valence-corrected chi connectivity index (χ1v) is 11.1. The van der Waals surface area contributed by atoms with Crippen LogP contribution in [0.25, 0.3) is 11.0 Å². The van der Waals surface area contributed by atoms with E-state index >= 15 is 0 Å². The lowest BCUT2D eigenvalue weighted by Crippen LogP contribution is -2.40. The fourth-order valence-corrected chi connectivity index (χ4v) is 4.07. The number of aromatic amines is 1. The topological polar surface area (TPSA) is 126 Å². The molecule has 0 saturated carbocycles. The van der Waals surface area contributed by atoms with Gasteiger partial charge in [0.25, 0.3) is 5.91 Å². The van der Waals surface area contributed by atoms with Crippen LogP contribution in [0.1, 0.15) is 30.1 Å². The first-order chi connectivity index (χ1) is 16.4. The summed E-state index contributed by atoms with van der Waals surface area (Å²) in [6.45, 7) is 3.19. The molecule has 1 aliphatic heterocycles. The van der Waals surface area contributed by atoms with Crippen LogP contribution in [0.3, 0.4) is 0 Å². The first kappa shape index (κ1) is 23.2. The van der Waals surface area contributed by atoms with E-state index in [0.29, 0.717) is 60.8 Å². The van der Waals surface area contributed by atoms with Gasteiger partial charge in [-0.2, -0.15) is 0 Å². The Balaban J connectivity index is 1.48. The molecule has 2 aromatic carbocycles. The quantitative estimate of drug-likeness (QED) is 0.356. The number of anilines is 2. The minimum atomic E-state index is -0.183. The molecule has 3 N–H and O–H groups in total. The number of aromatic nitrogens is 2. The molecule has 1 saturated heterocycles. The number of hydrogen-bond acceptors (Lipinski definition) is 8. The molecule has 0 spiro atoms. The van der Waals surface area contributed by atoms with Gasteiger partial charge in [0.05, 0.1) is 37.8 Å². The number of benzene rings is 2. The lowest BCUT2D eigenvalue weighted by Gasteiger charge is -2.30. The molecule has 0 radical (unpaired) electrons. The van der Waals surface area contributed by atoms with E-state index in [1.165, 1.54) is 14.2 Å². The van der Waals surface area contributed by atoms with Crippen molar-refractivity contribution in [1.29, 1.82) is 0 Å². The van der Waals surface area contributed by atoms with Crippen molar-refractivity contribution in [3.8, 4) is 17.2 Å². The van der Waals surface area contributed by atoms with Gasteiger partial charge in [-0.1, -0.05) is 0 Å². The summed E-state index contributed by atoms with van der Waals surface area (Å²) >= 11 is 0. The number of esters is 1. The SMILES string of the molecule is CCOC(=O)C1CCN(C(=O)c2ccc3nc(Nc4cc(OC)c(O)c(OC)c4)[nH]c3c2)CC1. The molecular formula is C24H28N4O6. The van der Waals surface area contributed by atoms with Gasteiger partial charge in [-0.05, 0) is 38.0 Å². The summed E-state index contributed by atoms with van der Waals surface area (Å²) in [5.74, 6) is 0.484. The molecule has 180 valence electrons. The summed E-state index contributed by atoms with van der Waals surface area (Å²) in [6, 6.07) is 8.55. The molecule has 1 fully saturated rings. The van der Waals surface area contributed by atoms with Crippen LogP contribution in [0, 0.1) is 5.92 Å². The van der Waals surface area contributed by atoms with Crippen molar-refractivity contribution < 1.29 is 28.9 Å². The third-order valence-corrected chi connectivity index (χ3v) is 5.87. The highest BCUT2D eigenvalue weighted by Gasteiger charge is 2.28. The third-order valence-electron chi connectivity index (χ3n) is 5.87. The average Bonchev–Trinajstić information content (AvgIpc) is 3.26. The normalized spacial score (nSPS) is 14.1. The van der Waals surface area contributed by atoms with Gasteiger partial charge < -0.3 is 34.5 Å². The van der Waals surface area contributed by atoms with Crippen molar-refractivity contribution in [2.24, 2.45) is 5.92 Å². The van der Waals surface area contributed by atoms with E-state index in [1.807, 2.05) is 0 Å². The summed E-state index contributed by atoms with van der Waals surface area (Å²) in [5.41, 5.74) is 2.54. The fraction of sp³-hybridized carbons (Fsp3) is 0.375. The molecule has 10 nitrogen and oxygen atoms in total. The number of phenols is 1. The van der Waals surface area contributed by atoms with Crippen LogP contribution in [-0.4, -0.2) is 65.8 Å². The van der Waals surface area contributed by atoms with Gasteiger partial charge in [-0.3, -0.25) is 9.59 Å². The fourth-order valence-electron chi connectivity index (χ4n) is 4.07. The van der Waals surface area contributed by atoms with Crippen molar-refractivity contribution in [2.75, 3.05) is 39.2 Å². The van der Waals surface area contributed by atoms with Crippen LogP contribution in [0.5, 0.6) is 17.2 Å². The average molecular weight is 469 g/mol. The number of carbonyl (C=O) groups is 2. The van der Waals surface area contributed by atoms with E-state index < -0.39 is 0 Å². The molecule has 1 aromatic heterocycles. The van der Waals surface area contributed by atoms with E-state index in [4.69, 9.17) is 14.2 Å². The van der Waals surface area contributed by atoms with Gasteiger partial charge in [-0.25, -0.2) is 4.98 Å². The second kappa shape index (κ2) is 9.90. The minimum Gasteiger partial charge on any atom is -0.502 e. The van der Waals surface area contributed by atoms with Crippen molar-refractivity contribution in [2.45, 2.75) is 19.8 Å². The van der Waals surface area contributed by atoms with E-state index in [0.717, 1.165) is 0 Å². The van der Waals surface area contributed by atoms with Crippen LogP contribution in [-0.2, 0) is 9.53 Å². The van der Waals surface area contributed by atoms with Gasteiger partial charge in [0, 0.05) is 36.5 Å². The molecule has 3 aromatic rings. The number of methoxy groups -OCH3 is 2. The number of nitrogens with one attached hydrogen (secondary N) is 2. The highest BCUT2D eigenvalue weighted by Crippen LogP contribution is 2.39. The molecule has 0 aliphatic carbocycles. The zero-order valence-corrected chi connectivity index (χ0v) is 19.4. The summed E-state index contributed by atoms with van der Waals surface area (Å²) < 4.78 is 15.5. The first-order valence-electron chi connectivity index (χ1n) is 11.1. The Morgan fingerprint density at radius 3 is 2.44 bits per heavy atom.